The van der Waals surface area contributed by atoms with Gasteiger partial charge in [-0.1, -0.05) is 33.1 Å². The highest BCUT2D eigenvalue weighted by Gasteiger charge is 2.20. The number of carbonyl (C=O) groups excluding carboxylic acids is 1. The summed E-state index contributed by atoms with van der Waals surface area (Å²) < 4.78 is 5.08. The molecule has 0 aliphatic heterocycles. The van der Waals surface area contributed by atoms with Crippen molar-refractivity contribution in [1.82, 2.24) is 10.6 Å². The average Bonchev–Trinajstić information content (AvgIpc) is 2.36. The molecule has 106 valence electrons. The van der Waals surface area contributed by atoms with Gasteiger partial charge >= 0.3 is 6.03 Å². The molecular weight excluding hydrogens is 228 g/mol. The van der Waals surface area contributed by atoms with Gasteiger partial charge in [0.25, 0.3) is 0 Å². The van der Waals surface area contributed by atoms with Gasteiger partial charge in [-0.3, -0.25) is 0 Å². The van der Waals surface area contributed by atoms with E-state index < -0.39 is 0 Å². The number of nitrogens with one attached hydrogen (secondary N) is 2. The first kappa shape index (κ1) is 15.3. The van der Waals surface area contributed by atoms with Gasteiger partial charge in [0.2, 0.25) is 0 Å². The molecule has 1 aliphatic rings. The van der Waals surface area contributed by atoms with E-state index in [9.17, 15) is 4.79 Å². The smallest absolute Gasteiger partial charge is 0.315 e. The first-order valence-corrected chi connectivity index (χ1v) is 7.07. The van der Waals surface area contributed by atoms with E-state index in [1.165, 1.54) is 19.3 Å². The number of hydrogen-bond acceptors (Lipinski definition) is 2. The van der Waals surface area contributed by atoms with Crippen molar-refractivity contribution in [3.63, 3.8) is 0 Å². The van der Waals surface area contributed by atoms with Crippen LogP contribution in [-0.2, 0) is 4.74 Å². The minimum Gasteiger partial charge on any atom is -0.385 e. The van der Waals surface area contributed by atoms with Gasteiger partial charge in [-0.05, 0) is 24.7 Å². The number of urea groups is 1. The fourth-order valence-corrected chi connectivity index (χ4v) is 2.27. The van der Waals surface area contributed by atoms with Crippen LogP contribution >= 0.6 is 0 Å². The quantitative estimate of drug-likeness (QED) is 0.767. The number of carbonyl (C=O) groups is 1. The minimum absolute atomic E-state index is 0.0209. The van der Waals surface area contributed by atoms with Crippen LogP contribution in [0.3, 0.4) is 0 Å². The number of amides is 2. The SMILES string of the molecule is COCCC(C)(C)CNC(=O)NC1CCCCC1. The molecule has 0 bridgehead atoms. The zero-order valence-corrected chi connectivity index (χ0v) is 12.1. The summed E-state index contributed by atoms with van der Waals surface area (Å²) >= 11 is 0. The maximum absolute atomic E-state index is 11.8. The fraction of sp³-hybridized carbons (Fsp3) is 0.929. The first-order chi connectivity index (χ1) is 8.53. The topological polar surface area (TPSA) is 50.4 Å². The Morgan fingerprint density at radius 2 is 1.94 bits per heavy atom. The van der Waals surface area contributed by atoms with Crippen LogP contribution in [0.1, 0.15) is 52.4 Å². The molecule has 0 aromatic carbocycles. The van der Waals surface area contributed by atoms with Gasteiger partial charge < -0.3 is 15.4 Å². The van der Waals surface area contributed by atoms with Crippen molar-refractivity contribution >= 4 is 6.03 Å². The van der Waals surface area contributed by atoms with Gasteiger partial charge in [0.05, 0.1) is 0 Å². The van der Waals surface area contributed by atoms with E-state index in [1.807, 2.05) is 0 Å². The summed E-state index contributed by atoms with van der Waals surface area (Å²) in [4.78, 5) is 11.8. The third-order valence-corrected chi connectivity index (χ3v) is 3.65. The summed E-state index contributed by atoms with van der Waals surface area (Å²) in [7, 11) is 1.71. The van der Waals surface area contributed by atoms with Gasteiger partial charge in [0.15, 0.2) is 0 Å². The predicted octanol–water partition coefficient (Wildman–Crippen LogP) is 2.68. The van der Waals surface area contributed by atoms with Gasteiger partial charge in [0.1, 0.15) is 0 Å². The van der Waals surface area contributed by atoms with E-state index in [1.54, 1.807) is 7.11 Å². The lowest BCUT2D eigenvalue weighted by molar-refractivity contribution is 0.150. The molecule has 1 saturated carbocycles. The van der Waals surface area contributed by atoms with Crippen molar-refractivity contribution in [1.29, 1.82) is 0 Å². The van der Waals surface area contributed by atoms with Gasteiger partial charge in [-0.2, -0.15) is 0 Å². The normalized spacial score (nSPS) is 17.5. The Morgan fingerprint density at radius 1 is 1.28 bits per heavy atom. The van der Waals surface area contributed by atoms with Crippen molar-refractivity contribution in [3.05, 3.63) is 0 Å². The van der Waals surface area contributed by atoms with Gasteiger partial charge in [-0.25, -0.2) is 4.79 Å². The minimum atomic E-state index is -0.0209. The van der Waals surface area contributed by atoms with E-state index in [-0.39, 0.29) is 11.4 Å². The van der Waals surface area contributed by atoms with Crippen molar-refractivity contribution in [2.45, 2.75) is 58.4 Å². The molecule has 1 fully saturated rings. The second kappa shape index (κ2) is 7.62. The van der Waals surface area contributed by atoms with E-state index in [0.29, 0.717) is 12.6 Å². The number of hydrogen-bond donors (Lipinski definition) is 2. The molecule has 2 N–H and O–H groups in total. The fourth-order valence-electron chi connectivity index (χ4n) is 2.27. The molecule has 2 amide bonds. The van der Waals surface area contributed by atoms with Gasteiger partial charge in [-0.15, -0.1) is 0 Å². The summed E-state index contributed by atoms with van der Waals surface area (Å²) in [6.45, 7) is 5.72. The molecule has 0 unspecified atom stereocenters. The van der Waals surface area contributed by atoms with E-state index in [4.69, 9.17) is 4.74 Å². The maximum atomic E-state index is 11.8. The summed E-state index contributed by atoms with van der Waals surface area (Å²) in [5.41, 5.74) is 0.0832. The third kappa shape index (κ3) is 6.24. The second-order valence-corrected chi connectivity index (χ2v) is 6.07. The summed E-state index contributed by atoms with van der Waals surface area (Å²) in [5, 5.41) is 6.04. The van der Waals surface area contributed by atoms with Crippen LogP contribution in [0.25, 0.3) is 0 Å². The van der Waals surface area contributed by atoms with Crippen molar-refractivity contribution in [3.8, 4) is 0 Å². The third-order valence-electron chi connectivity index (χ3n) is 3.65. The van der Waals surface area contributed by atoms with Crippen LogP contribution in [0, 0.1) is 5.41 Å². The van der Waals surface area contributed by atoms with Crippen molar-refractivity contribution in [2.75, 3.05) is 20.3 Å². The largest absolute Gasteiger partial charge is 0.385 e. The van der Waals surface area contributed by atoms with Gasteiger partial charge in [0, 0.05) is 26.3 Å². The summed E-state index contributed by atoms with van der Waals surface area (Å²) in [6.07, 6.45) is 6.99. The van der Waals surface area contributed by atoms with Crippen LogP contribution in [-0.4, -0.2) is 32.3 Å². The Labute approximate surface area is 111 Å². The van der Waals surface area contributed by atoms with Crippen molar-refractivity contribution in [2.24, 2.45) is 5.41 Å². The average molecular weight is 256 g/mol. The standard InChI is InChI=1S/C14H28N2O2/c1-14(2,9-10-18-3)11-15-13(17)16-12-7-5-4-6-8-12/h12H,4-11H2,1-3H3,(H2,15,16,17). The molecule has 0 spiro atoms. The zero-order chi connectivity index (χ0) is 13.4. The molecule has 18 heavy (non-hydrogen) atoms. The monoisotopic (exact) mass is 256 g/mol. The number of methoxy groups -OCH3 is 1. The Balaban J connectivity index is 2.19. The molecule has 4 nitrogen and oxygen atoms in total. The Kier molecular flexibility index (Phi) is 6.47. The Morgan fingerprint density at radius 3 is 2.56 bits per heavy atom. The van der Waals surface area contributed by atoms with E-state index in [2.05, 4.69) is 24.5 Å². The van der Waals surface area contributed by atoms with E-state index in [0.717, 1.165) is 25.9 Å². The molecular formula is C14H28N2O2. The summed E-state index contributed by atoms with van der Waals surface area (Å²) in [5.74, 6) is 0. The van der Waals surface area contributed by atoms with Crippen LogP contribution in [0.4, 0.5) is 4.79 Å². The molecule has 0 saturated heterocycles. The van der Waals surface area contributed by atoms with Crippen LogP contribution in [0.2, 0.25) is 0 Å². The highest BCUT2D eigenvalue weighted by molar-refractivity contribution is 5.74. The highest BCUT2D eigenvalue weighted by atomic mass is 16.5. The number of rotatable bonds is 6. The molecule has 1 aliphatic carbocycles. The molecule has 1 rings (SSSR count). The summed E-state index contributed by atoms with van der Waals surface area (Å²) in [6, 6.07) is 0.355. The molecule has 0 aromatic rings. The lowest BCUT2D eigenvalue weighted by atomic mass is 9.90. The van der Waals surface area contributed by atoms with Crippen molar-refractivity contribution < 1.29 is 9.53 Å². The molecule has 0 heterocycles. The lowest BCUT2D eigenvalue weighted by Gasteiger charge is -2.27. The second-order valence-electron chi connectivity index (χ2n) is 6.07. The zero-order valence-electron chi connectivity index (χ0n) is 12.1. The lowest BCUT2D eigenvalue weighted by Crippen LogP contribution is -2.45. The Hall–Kier alpha value is -0.770. The molecule has 0 atom stereocenters. The van der Waals surface area contributed by atoms with Crippen LogP contribution in [0.15, 0.2) is 0 Å². The first-order valence-electron chi connectivity index (χ1n) is 7.07. The van der Waals surface area contributed by atoms with Crippen LogP contribution < -0.4 is 10.6 Å². The Bertz CT molecular complexity index is 248. The highest BCUT2D eigenvalue weighted by Crippen LogP contribution is 2.19. The molecule has 4 heteroatoms. The maximum Gasteiger partial charge on any atom is 0.315 e. The molecule has 0 radical (unpaired) electrons. The van der Waals surface area contributed by atoms with Crippen LogP contribution in [0.5, 0.6) is 0 Å². The molecule has 0 aromatic heterocycles. The van der Waals surface area contributed by atoms with E-state index >= 15 is 0 Å². The predicted molar refractivity (Wildman–Crippen MR) is 73.7 cm³/mol. The number of ether oxygens (including phenoxy) is 1.